The quantitative estimate of drug-likeness (QED) is 0.437. The molecule has 14 heavy (non-hydrogen) atoms. The molecule has 0 saturated carbocycles. The summed E-state index contributed by atoms with van der Waals surface area (Å²) in [6.07, 6.45) is 0.463. The summed E-state index contributed by atoms with van der Waals surface area (Å²) in [5.74, 6) is 0.00370. The lowest BCUT2D eigenvalue weighted by Gasteiger charge is -2.08. The number of hydrogen-bond donors (Lipinski definition) is 3. The molecule has 0 aliphatic rings. The standard InChI is InChI=1S/C9H13BO4/c11-6-3-7-14-10(13)8-4-1-2-5-9(8)12/h1-2,4-5,11-13H,3,6-7H2. The predicted molar refractivity (Wildman–Crippen MR) is 53.4 cm³/mol. The van der Waals surface area contributed by atoms with Gasteiger partial charge in [-0.2, -0.15) is 0 Å². The summed E-state index contributed by atoms with van der Waals surface area (Å²) >= 11 is 0. The summed E-state index contributed by atoms with van der Waals surface area (Å²) in [6, 6.07) is 6.43. The first-order valence-corrected chi connectivity index (χ1v) is 4.44. The zero-order valence-electron chi connectivity index (χ0n) is 7.76. The Labute approximate surface area is 82.9 Å². The van der Waals surface area contributed by atoms with Crippen LogP contribution in [-0.4, -0.2) is 35.6 Å². The van der Waals surface area contributed by atoms with Gasteiger partial charge in [-0.1, -0.05) is 18.2 Å². The molecule has 0 fully saturated rings. The van der Waals surface area contributed by atoms with Gasteiger partial charge in [0.2, 0.25) is 0 Å². The van der Waals surface area contributed by atoms with E-state index in [-0.39, 0.29) is 19.0 Å². The van der Waals surface area contributed by atoms with Gasteiger partial charge in [0.05, 0.1) is 0 Å². The average molecular weight is 196 g/mol. The van der Waals surface area contributed by atoms with Gasteiger partial charge < -0.3 is 19.9 Å². The van der Waals surface area contributed by atoms with E-state index < -0.39 is 7.12 Å². The van der Waals surface area contributed by atoms with Gasteiger partial charge >= 0.3 is 7.12 Å². The van der Waals surface area contributed by atoms with Gasteiger partial charge in [-0.3, -0.25) is 0 Å². The molecule has 5 heteroatoms. The Morgan fingerprint density at radius 1 is 1.29 bits per heavy atom. The van der Waals surface area contributed by atoms with Crippen LogP contribution in [0.25, 0.3) is 0 Å². The lowest BCUT2D eigenvalue weighted by molar-refractivity contribution is 0.215. The number of phenols is 1. The van der Waals surface area contributed by atoms with Crippen molar-refractivity contribution in [2.45, 2.75) is 6.42 Å². The topological polar surface area (TPSA) is 69.9 Å². The number of benzene rings is 1. The molecular weight excluding hydrogens is 183 g/mol. The molecule has 76 valence electrons. The number of para-hydroxylation sites is 1. The molecule has 3 N–H and O–H groups in total. The SMILES string of the molecule is OCCCOB(O)c1ccccc1O. The molecule has 0 atom stereocenters. The third-order valence-electron chi connectivity index (χ3n) is 1.78. The van der Waals surface area contributed by atoms with E-state index in [0.717, 1.165) is 0 Å². The smallest absolute Gasteiger partial charge is 0.494 e. The van der Waals surface area contributed by atoms with Gasteiger partial charge in [-0.15, -0.1) is 0 Å². The minimum Gasteiger partial charge on any atom is -0.508 e. The highest BCUT2D eigenvalue weighted by molar-refractivity contribution is 6.61. The van der Waals surface area contributed by atoms with Crippen LogP contribution >= 0.6 is 0 Å². The van der Waals surface area contributed by atoms with Gasteiger partial charge in [-0.05, 0) is 12.5 Å². The molecule has 0 heterocycles. The van der Waals surface area contributed by atoms with Crippen LogP contribution in [0.2, 0.25) is 0 Å². The third-order valence-corrected chi connectivity index (χ3v) is 1.78. The second kappa shape index (κ2) is 5.64. The van der Waals surface area contributed by atoms with Crippen LogP contribution in [0.3, 0.4) is 0 Å². The number of aromatic hydroxyl groups is 1. The van der Waals surface area contributed by atoms with E-state index in [9.17, 15) is 10.1 Å². The maximum Gasteiger partial charge on any atom is 0.494 e. The molecule has 0 spiro atoms. The fourth-order valence-electron chi connectivity index (χ4n) is 1.05. The molecule has 0 radical (unpaired) electrons. The van der Waals surface area contributed by atoms with Crippen LogP contribution in [0.5, 0.6) is 5.75 Å². The van der Waals surface area contributed by atoms with Gasteiger partial charge in [0.1, 0.15) is 5.75 Å². The summed E-state index contributed by atoms with van der Waals surface area (Å²) in [5.41, 5.74) is 0.338. The largest absolute Gasteiger partial charge is 0.508 e. The molecule has 0 aliphatic carbocycles. The summed E-state index contributed by atoms with van der Waals surface area (Å²) in [7, 11) is -1.14. The first-order chi connectivity index (χ1) is 6.75. The monoisotopic (exact) mass is 196 g/mol. The number of rotatable bonds is 5. The van der Waals surface area contributed by atoms with Gasteiger partial charge in [-0.25, -0.2) is 0 Å². The molecule has 0 unspecified atom stereocenters. The molecule has 4 nitrogen and oxygen atoms in total. The van der Waals surface area contributed by atoms with Crippen molar-refractivity contribution >= 4 is 12.6 Å². The Morgan fingerprint density at radius 3 is 2.64 bits per heavy atom. The minimum atomic E-state index is -1.14. The molecule has 0 saturated heterocycles. The first kappa shape index (κ1) is 11.0. The fraction of sp³-hybridized carbons (Fsp3) is 0.333. The van der Waals surface area contributed by atoms with Crippen LogP contribution in [0.15, 0.2) is 24.3 Å². The number of aliphatic hydroxyl groups is 1. The zero-order valence-corrected chi connectivity index (χ0v) is 7.76. The van der Waals surface area contributed by atoms with Crippen molar-refractivity contribution in [3.8, 4) is 5.75 Å². The lowest BCUT2D eigenvalue weighted by atomic mass is 9.79. The second-order valence-electron chi connectivity index (χ2n) is 2.86. The van der Waals surface area contributed by atoms with Crippen LogP contribution in [0.4, 0.5) is 0 Å². The Bertz CT molecular complexity index is 279. The molecule has 0 aliphatic heterocycles. The minimum absolute atomic E-state index is 0.00370. The molecule has 1 aromatic rings. The van der Waals surface area contributed by atoms with Crippen LogP contribution in [0.1, 0.15) is 6.42 Å². The van der Waals surface area contributed by atoms with Crippen molar-refractivity contribution in [2.24, 2.45) is 0 Å². The summed E-state index contributed by atoms with van der Waals surface area (Å²) < 4.78 is 4.98. The van der Waals surface area contributed by atoms with Crippen molar-refractivity contribution in [1.29, 1.82) is 0 Å². The summed E-state index contributed by atoms with van der Waals surface area (Å²) in [4.78, 5) is 0. The highest BCUT2D eigenvalue weighted by atomic mass is 16.5. The molecule has 0 amide bonds. The van der Waals surface area contributed by atoms with Gasteiger partial charge in [0.15, 0.2) is 0 Å². The van der Waals surface area contributed by atoms with E-state index in [4.69, 9.17) is 9.76 Å². The fourth-order valence-corrected chi connectivity index (χ4v) is 1.05. The normalized spacial score (nSPS) is 10.1. The Balaban J connectivity index is 2.51. The number of aliphatic hydroxyl groups excluding tert-OH is 1. The predicted octanol–water partition coefficient (Wildman–Crippen LogP) is -0.521. The van der Waals surface area contributed by atoms with E-state index >= 15 is 0 Å². The molecule has 1 rings (SSSR count). The molecular formula is C9H13BO4. The molecule has 1 aromatic carbocycles. The van der Waals surface area contributed by atoms with E-state index in [2.05, 4.69) is 0 Å². The van der Waals surface area contributed by atoms with E-state index in [1.165, 1.54) is 6.07 Å². The van der Waals surface area contributed by atoms with Crippen LogP contribution < -0.4 is 5.46 Å². The van der Waals surface area contributed by atoms with Crippen molar-refractivity contribution in [3.05, 3.63) is 24.3 Å². The van der Waals surface area contributed by atoms with Crippen LogP contribution in [-0.2, 0) is 4.65 Å². The maximum absolute atomic E-state index is 9.46. The Kier molecular flexibility index (Phi) is 4.45. The molecule has 0 aromatic heterocycles. The highest BCUT2D eigenvalue weighted by Gasteiger charge is 2.19. The van der Waals surface area contributed by atoms with Crippen molar-refractivity contribution in [1.82, 2.24) is 0 Å². The first-order valence-electron chi connectivity index (χ1n) is 4.44. The average Bonchev–Trinajstić information content (AvgIpc) is 2.18. The summed E-state index contributed by atoms with van der Waals surface area (Å²) in [6.45, 7) is 0.277. The van der Waals surface area contributed by atoms with E-state index in [1.54, 1.807) is 18.2 Å². The van der Waals surface area contributed by atoms with E-state index in [0.29, 0.717) is 11.9 Å². The van der Waals surface area contributed by atoms with Crippen molar-refractivity contribution in [2.75, 3.05) is 13.2 Å². The van der Waals surface area contributed by atoms with Crippen LogP contribution in [0, 0.1) is 0 Å². The van der Waals surface area contributed by atoms with Gasteiger partial charge in [0.25, 0.3) is 0 Å². The Morgan fingerprint density at radius 2 is 2.00 bits per heavy atom. The second-order valence-corrected chi connectivity index (χ2v) is 2.86. The zero-order chi connectivity index (χ0) is 10.4. The highest BCUT2D eigenvalue weighted by Crippen LogP contribution is 2.04. The van der Waals surface area contributed by atoms with Crippen molar-refractivity contribution in [3.63, 3.8) is 0 Å². The lowest BCUT2D eigenvalue weighted by Crippen LogP contribution is -2.34. The Hall–Kier alpha value is -1.04. The maximum atomic E-state index is 9.46. The molecule has 0 bridgehead atoms. The third kappa shape index (κ3) is 3.03. The summed E-state index contributed by atoms with van der Waals surface area (Å²) in [5, 5.41) is 27.3. The van der Waals surface area contributed by atoms with Crippen molar-refractivity contribution < 1.29 is 19.9 Å². The van der Waals surface area contributed by atoms with Gasteiger partial charge in [0, 0.05) is 18.7 Å². The van der Waals surface area contributed by atoms with E-state index in [1.807, 2.05) is 0 Å². The number of phenolic OH excluding ortho intramolecular Hbond substituents is 1. The number of hydrogen-bond acceptors (Lipinski definition) is 4.